The number of esters is 1. The van der Waals surface area contributed by atoms with Crippen LogP contribution in [0.25, 0.3) is 0 Å². The van der Waals surface area contributed by atoms with E-state index in [2.05, 4.69) is 4.74 Å². The summed E-state index contributed by atoms with van der Waals surface area (Å²) in [7, 11) is 0. The normalized spacial score (nSPS) is 9.92. The van der Waals surface area contributed by atoms with Crippen molar-refractivity contribution < 1.29 is 9.53 Å². The Balaban J connectivity index is 3.89. The zero-order valence-corrected chi connectivity index (χ0v) is 7.41. The van der Waals surface area contributed by atoms with Crippen LogP contribution >= 0.6 is 0 Å². The molecular formula is C9H10N2O2. The van der Waals surface area contributed by atoms with E-state index in [0.29, 0.717) is 18.4 Å². The second kappa shape index (κ2) is 6.87. The molecule has 0 fully saturated rings. The maximum atomic E-state index is 11.0. The van der Waals surface area contributed by atoms with Gasteiger partial charge < -0.3 is 4.74 Å². The molecule has 4 heteroatoms. The minimum absolute atomic E-state index is 0.234. The number of unbranched alkanes of at least 4 members (excludes halogenated alkanes) is 1. The van der Waals surface area contributed by atoms with Crippen LogP contribution in [-0.2, 0) is 9.53 Å². The molecule has 0 N–H and O–H groups in total. The summed E-state index contributed by atoms with van der Waals surface area (Å²) in [6, 6.07) is 3.65. The van der Waals surface area contributed by atoms with Crippen molar-refractivity contribution in [3.8, 4) is 12.1 Å². The molecule has 0 aliphatic heterocycles. The summed E-state index contributed by atoms with van der Waals surface area (Å²) < 4.78 is 4.53. The Bertz CT molecular complexity index is 281. The molecule has 0 spiro atoms. The van der Waals surface area contributed by atoms with Gasteiger partial charge in [0.1, 0.15) is 6.07 Å². The van der Waals surface area contributed by atoms with Crippen LogP contribution in [0.1, 0.15) is 19.8 Å². The quantitative estimate of drug-likeness (QED) is 0.369. The number of hydrogen-bond acceptors (Lipinski definition) is 4. The summed E-state index contributed by atoms with van der Waals surface area (Å²) in [5, 5.41) is 16.3. The van der Waals surface area contributed by atoms with Gasteiger partial charge in [-0.25, -0.2) is 4.79 Å². The van der Waals surface area contributed by atoms with Gasteiger partial charge in [-0.1, -0.05) is 6.08 Å². The molecule has 0 bridgehead atoms. The first kappa shape index (κ1) is 11.2. The zero-order valence-electron chi connectivity index (χ0n) is 7.41. The van der Waals surface area contributed by atoms with Crippen molar-refractivity contribution in [1.82, 2.24) is 0 Å². The van der Waals surface area contributed by atoms with E-state index in [4.69, 9.17) is 10.5 Å². The molecule has 0 aromatic rings. The standard InChI is InChI=1S/C9H10N2O2/c1-8(4-2-3-5-10)9(12)13-7-6-11/h4H,2-3,7H2,1H3. The van der Waals surface area contributed by atoms with Crippen LogP contribution < -0.4 is 0 Å². The summed E-state index contributed by atoms with van der Waals surface area (Å²) >= 11 is 0. The fourth-order valence-electron chi connectivity index (χ4n) is 0.648. The van der Waals surface area contributed by atoms with Crippen molar-refractivity contribution in [1.29, 1.82) is 10.5 Å². The second-order valence-electron chi connectivity index (χ2n) is 2.32. The van der Waals surface area contributed by atoms with Crippen molar-refractivity contribution in [3.63, 3.8) is 0 Å². The summed E-state index contributed by atoms with van der Waals surface area (Å²) in [5.74, 6) is -0.500. The van der Waals surface area contributed by atoms with Gasteiger partial charge in [0.2, 0.25) is 0 Å². The number of hydrogen-bond donors (Lipinski definition) is 0. The Labute approximate surface area is 77.0 Å². The lowest BCUT2D eigenvalue weighted by molar-refractivity contribution is -0.137. The number of rotatable bonds is 4. The third kappa shape index (κ3) is 5.46. The molecule has 0 atom stereocenters. The van der Waals surface area contributed by atoms with E-state index in [1.165, 1.54) is 0 Å². The smallest absolute Gasteiger partial charge is 0.334 e. The summed E-state index contributed by atoms with van der Waals surface area (Å²) in [4.78, 5) is 11.0. The molecule has 0 aromatic carbocycles. The largest absolute Gasteiger partial charge is 0.447 e. The van der Waals surface area contributed by atoms with E-state index in [1.54, 1.807) is 19.1 Å². The third-order valence-electron chi connectivity index (χ3n) is 1.30. The van der Waals surface area contributed by atoms with Gasteiger partial charge in [-0.15, -0.1) is 0 Å². The predicted molar refractivity (Wildman–Crippen MR) is 45.2 cm³/mol. The van der Waals surface area contributed by atoms with Crippen LogP contribution in [0, 0.1) is 22.7 Å². The molecule has 0 saturated carbocycles. The highest BCUT2D eigenvalue weighted by Crippen LogP contribution is 2.00. The molecule has 68 valence electrons. The summed E-state index contributed by atoms with van der Waals surface area (Å²) in [5.41, 5.74) is 0.436. The SMILES string of the molecule is CC(=CCCC#N)C(=O)OCC#N. The maximum absolute atomic E-state index is 11.0. The Morgan fingerprint density at radius 2 is 2.15 bits per heavy atom. The molecule has 13 heavy (non-hydrogen) atoms. The highest BCUT2D eigenvalue weighted by Gasteiger charge is 2.03. The van der Waals surface area contributed by atoms with Gasteiger partial charge >= 0.3 is 5.97 Å². The van der Waals surface area contributed by atoms with Crippen molar-refractivity contribution in [2.75, 3.05) is 6.61 Å². The van der Waals surface area contributed by atoms with Gasteiger partial charge in [-0.2, -0.15) is 10.5 Å². The van der Waals surface area contributed by atoms with Crippen molar-refractivity contribution in [3.05, 3.63) is 11.6 Å². The molecule has 0 radical (unpaired) electrons. The lowest BCUT2D eigenvalue weighted by Crippen LogP contribution is -2.05. The Hall–Kier alpha value is -1.81. The minimum atomic E-state index is -0.500. The summed E-state index contributed by atoms with van der Waals surface area (Å²) in [6.45, 7) is 1.36. The molecule has 0 unspecified atom stereocenters. The Kier molecular flexibility index (Phi) is 5.92. The topological polar surface area (TPSA) is 73.9 Å². The molecule has 0 saturated heterocycles. The number of ether oxygens (including phenoxy) is 1. The first-order chi connectivity index (χ1) is 6.22. The van der Waals surface area contributed by atoms with Crippen molar-refractivity contribution >= 4 is 5.97 Å². The molecular weight excluding hydrogens is 168 g/mol. The van der Waals surface area contributed by atoms with E-state index < -0.39 is 5.97 Å². The van der Waals surface area contributed by atoms with Crippen molar-refractivity contribution in [2.45, 2.75) is 19.8 Å². The highest BCUT2D eigenvalue weighted by molar-refractivity contribution is 5.87. The molecule has 0 amide bonds. The Morgan fingerprint density at radius 3 is 2.69 bits per heavy atom. The fraction of sp³-hybridized carbons (Fsp3) is 0.444. The van der Waals surface area contributed by atoms with Gasteiger partial charge in [0.15, 0.2) is 6.61 Å². The van der Waals surface area contributed by atoms with Gasteiger partial charge in [0, 0.05) is 12.0 Å². The molecule has 0 aliphatic rings. The van der Waals surface area contributed by atoms with E-state index in [-0.39, 0.29) is 6.61 Å². The van der Waals surface area contributed by atoms with E-state index in [9.17, 15) is 4.79 Å². The van der Waals surface area contributed by atoms with Crippen LogP contribution in [-0.4, -0.2) is 12.6 Å². The van der Waals surface area contributed by atoms with Gasteiger partial charge in [0.05, 0.1) is 6.07 Å². The first-order valence-corrected chi connectivity index (χ1v) is 3.80. The number of nitrogens with zero attached hydrogens (tertiary/aromatic N) is 2. The average molecular weight is 178 g/mol. The summed E-state index contributed by atoms with van der Waals surface area (Å²) in [6.07, 6.45) is 2.54. The second-order valence-corrected chi connectivity index (χ2v) is 2.32. The Morgan fingerprint density at radius 1 is 1.46 bits per heavy atom. The van der Waals surface area contributed by atoms with Gasteiger partial charge in [-0.3, -0.25) is 0 Å². The fourth-order valence-corrected chi connectivity index (χ4v) is 0.648. The molecule has 4 nitrogen and oxygen atoms in total. The van der Waals surface area contributed by atoms with Gasteiger partial charge in [-0.05, 0) is 13.3 Å². The van der Waals surface area contributed by atoms with Crippen LogP contribution in [0.3, 0.4) is 0 Å². The lowest BCUT2D eigenvalue weighted by Gasteiger charge is -1.98. The number of carbonyl (C=O) groups excluding carboxylic acids is 1. The molecule has 0 aliphatic carbocycles. The lowest BCUT2D eigenvalue weighted by atomic mass is 10.2. The van der Waals surface area contributed by atoms with Crippen LogP contribution in [0.15, 0.2) is 11.6 Å². The zero-order chi connectivity index (χ0) is 10.1. The predicted octanol–water partition coefficient (Wildman–Crippen LogP) is 1.30. The number of nitriles is 2. The minimum Gasteiger partial charge on any atom is -0.447 e. The van der Waals surface area contributed by atoms with Gasteiger partial charge in [0.25, 0.3) is 0 Å². The average Bonchev–Trinajstić information content (AvgIpc) is 2.14. The van der Waals surface area contributed by atoms with E-state index in [0.717, 1.165) is 0 Å². The highest BCUT2D eigenvalue weighted by atomic mass is 16.5. The number of allylic oxidation sites excluding steroid dienone is 1. The van der Waals surface area contributed by atoms with Crippen LogP contribution in [0.2, 0.25) is 0 Å². The maximum Gasteiger partial charge on any atom is 0.334 e. The van der Waals surface area contributed by atoms with Crippen molar-refractivity contribution in [2.24, 2.45) is 0 Å². The first-order valence-electron chi connectivity index (χ1n) is 3.80. The molecule has 0 rings (SSSR count). The molecule has 0 aromatic heterocycles. The molecule has 0 heterocycles. The number of carbonyl (C=O) groups is 1. The van der Waals surface area contributed by atoms with Crippen LogP contribution in [0.4, 0.5) is 0 Å². The van der Waals surface area contributed by atoms with E-state index in [1.807, 2.05) is 6.07 Å². The van der Waals surface area contributed by atoms with E-state index >= 15 is 0 Å². The third-order valence-corrected chi connectivity index (χ3v) is 1.30. The van der Waals surface area contributed by atoms with Crippen LogP contribution in [0.5, 0.6) is 0 Å². The monoisotopic (exact) mass is 178 g/mol.